The molecule has 1 aromatic heterocycles. The van der Waals surface area contributed by atoms with Crippen LogP contribution in [0.25, 0.3) is 22.9 Å². The Morgan fingerprint density at radius 1 is 1.29 bits per heavy atom. The van der Waals surface area contributed by atoms with Crippen molar-refractivity contribution in [1.82, 2.24) is 9.97 Å². The summed E-state index contributed by atoms with van der Waals surface area (Å²) < 4.78 is 0. The first-order chi connectivity index (χ1) is 11.5. The number of non-ortho nitro benzene ring substituents is 1. The fraction of sp³-hybridized carbons (Fsp3) is 0. The fourth-order valence-electron chi connectivity index (χ4n) is 2.22. The molecule has 0 fully saturated rings. The molecule has 2 aromatic carbocycles. The first-order valence-electron chi connectivity index (χ1n) is 6.80. The SMILES string of the molecule is O=c1[nH]c2c([N+](=O)[O-])cc(Cl)cc2nc1C=C(O)c1ccccc1. The number of benzene rings is 2. The van der Waals surface area contributed by atoms with Crippen molar-refractivity contribution in [3.05, 3.63) is 79.2 Å². The number of aromatic nitrogens is 2. The Labute approximate surface area is 140 Å². The minimum atomic E-state index is -0.657. The van der Waals surface area contributed by atoms with E-state index in [2.05, 4.69) is 9.97 Å². The number of aliphatic hydroxyl groups is 1. The maximum atomic E-state index is 12.1. The summed E-state index contributed by atoms with van der Waals surface area (Å²) in [6.07, 6.45) is 1.19. The first kappa shape index (κ1) is 15.7. The van der Waals surface area contributed by atoms with Gasteiger partial charge in [-0.25, -0.2) is 4.98 Å². The number of nitro benzene ring substituents is 1. The van der Waals surface area contributed by atoms with E-state index in [1.807, 2.05) is 0 Å². The van der Waals surface area contributed by atoms with Crippen LogP contribution in [-0.4, -0.2) is 20.0 Å². The number of nitro groups is 1. The van der Waals surface area contributed by atoms with Crippen molar-refractivity contribution in [2.45, 2.75) is 0 Å². The van der Waals surface area contributed by atoms with Crippen LogP contribution in [0.3, 0.4) is 0 Å². The van der Waals surface area contributed by atoms with E-state index in [0.717, 1.165) is 6.07 Å². The molecule has 24 heavy (non-hydrogen) atoms. The Balaban J connectivity index is 2.19. The Kier molecular flexibility index (Phi) is 4.01. The summed E-state index contributed by atoms with van der Waals surface area (Å²) in [5.41, 5.74) is -0.441. The molecule has 0 aliphatic rings. The molecule has 7 nitrogen and oxygen atoms in total. The molecular weight excluding hydrogens is 334 g/mol. The minimum Gasteiger partial charge on any atom is -0.507 e. The van der Waals surface area contributed by atoms with Gasteiger partial charge in [0, 0.05) is 22.7 Å². The van der Waals surface area contributed by atoms with Crippen molar-refractivity contribution in [3.8, 4) is 0 Å². The molecule has 0 spiro atoms. The molecule has 2 N–H and O–H groups in total. The van der Waals surface area contributed by atoms with E-state index in [-0.39, 0.29) is 33.2 Å². The monoisotopic (exact) mass is 343 g/mol. The van der Waals surface area contributed by atoms with Crippen molar-refractivity contribution in [1.29, 1.82) is 0 Å². The summed E-state index contributed by atoms with van der Waals surface area (Å²) >= 11 is 5.86. The summed E-state index contributed by atoms with van der Waals surface area (Å²) in [6.45, 7) is 0. The summed E-state index contributed by atoms with van der Waals surface area (Å²) in [7, 11) is 0. The van der Waals surface area contributed by atoms with Crippen LogP contribution in [0.5, 0.6) is 0 Å². The number of aliphatic hydroxyl groups excluding tert-OH is 1. The molecular formula is C16H10ClN3O4. The van der Waals surface area contributed by atoms with E-state index in [1.165, 1.54) is 12.1 Å². The third kappa shape index (κ3) is 2.97. The van der Waals surface area contributed by atoms with Crippen molar-refractivity contribution < 1.29 is 10.0 Å². The molecule has 1 heterocycles. The van der Waals surface area contributed by atoms with Crippen LogP contribution in [0.2, 0.25) is 5.02 Å². The van der Waals surface area contributed by atoms with Gasteiger partial charge in [-0.05, 0) is 6.07 Å². The predicted molar refractivity (Wildman–Crippen MR) is 91.0 cm³/mol. The lowest BCUT2D eigenvalue weighted by Gasteiger charge is -2.03. The minimum absolute atomic E-state index is 0.0225. The van der Waals surface area contributed by atoms with Crippen LogP contribution in [0.4, 0.5) is 5.69 Å². The van der Waals surface area contributed by atoms with Crippen molar-refractivity contribution in [3.63, 3.8) is 0 Å². The van der Waals surface area contributed by atoms with Crippen LogP contribution < -0.4 is 5.56 Å². The summed E-state index contributed by atoms with van der Waals surface area (Å²) in [5.74, 6) is -0.149. The molecule has 0 aliphatic carbocycles. The highest BCUT2D eigenvalue weighted by Crippen LogP contribution is 2.26. The van der Waals surface area contributed by atoms with E-state index < -0.39 is 10.5 Å². The van der Waals surface area contributed by atoms with Gasteiger partial charge in [-0.1, -0.05) is 41.9 Å². The highest BCUT2D eigenvalue weighted by molar-refractivity contribution is 6.31. The zero-order valence-corrected chi connectivity index (χ0v) is 12.8. The van der Waals surface area contributed by atoms with Crippen LogP contribution in [-0.2, 0) is 0 Å². The Morgan fingerprint density at radius 2 is 2.00 bits per heavy atom. The van der Waals surface area contributed by atoms with Crippen molar-refractivity contribution in [2.24, 2.45) is 0 Å². The molecule has 0 saturated heterocycles. The van der Waals surface area contributed by atoms with Gasteiger partial charge in [0.15, 0.2) is 0 Å². The van der Waals surface area contributed by atoms with Gasteiger partial charge >= 0.3 is 0 Å². The number of hydrogen-bond acceptors (Lipinski definition) is 5. The number of halogens is 1. The van der Waals surface area contributed by atoms with Gasteiger partial charge in [0.2, 0.25) is 0 Å². The lowest BCUT2D eigenvalue weighted by Crippen LogP contribution is -2.13. The summed E-state index contributed by atoms with van der Waals surface area (Å²) in [6, 6.07) is 11.1. The largest absolute Gasteiger partial charge is 0.507 e. The molecule has 0 aliphatic heterocycles. The van der Waals surface area contributed by atoms with E-state index in [0.29, 0.717) is 5.56 Å². The zero-order valence-electron chi connectivity index (χ0n) is 12.1. The Bertz CT molecular complexity index is 1030. The zero-order chi connectivity index (χ0) is 17.3. The molecule has 3 aromatic rings. The third-order valence-electron chi connectivity index (χ3n) is 3.31. The van der Waals surface area contributed by atoms with Gasteiger partial charge in [0.1, 0.15) is 17.0 Å². The number of hydrogen-bond donors (Lipinski definition) is 2. The maximum Gasteiger partial charge on any atom is 0.296 e. The third-order valence-corrected chi connectivity index (χ3v) is 3.53. The van der Waals surface area contributed by atoms with E-state index >= 15 is 0 Å². The number of nitrogens with one attached hydrogen (secondary N) is 1. The van der Waals surface area contributed by atoms with Crippen LogP contribution in [0.15, 0.2) is 47.3 Å². The van der Waals surface area contributed by atoms with Crippen molar-refractivity contribution in [2.75, 3.05) is 0 Å². The van der Waals surface area contributed by atoms with E-state index in [4.69, 9.17) is 11.6 Å². The lowest BCUT2D eigenvalue weighted by atomic mass is 10.1. The molecule has 8 heteroatoms. The molecule has 120 valence electrons. The molecule has 0 unspecified atom stereocenters. The molecule has 0 amide bonds. The molecule has 0 atom stereocenters. The van der Waals surface area contributed by atoms with Gasteiger partial charge in [-0.2, -0.15) is 0 Å². The second-order valence-electron chi connectivity index (χ2n) is 4.92. The fourth-order valence-corrected chi connectivity index (χ4v) is 2.42. The topological polar surface area (TPSA) is 109 Å². The van der Waals surface area contributed by atoms with E-state index in [9.17, 15) is 20.0 Å². The average molecular weight is 344 g/mol. The molecule has 0 radical (unpaired) electrons. The number of fused-ring (bicyclic) bond motifs is 1. The number of rotatable bonds is 3. The first-order valence-corrected chi connectivity index (χ1v) is 7.17. The smallest absolute Gasteiger partial charge is 0.296 e. The van der Waals surface area contributed by atoms with Crippen molar-refractivity contribution >= 4 is 40.2 Å². The van der Waals surface area contributed by atoms with E-state index in [1.54, 1.807) is 30.3 Å². The summed E-state index contributed by atoms with van der Waals surface area (Å²) in [4.78, 5) is 29.0. The maximum absolute atomic E-state index is 12.1. The van der Waals surface area contributed by atoms with Crippen LogP contribution in [0, 0.1) is 10.1 Å². The van der Waals surface area contributed by atoms with Gasteiger partial charge in [-0.15, -0.1) is 0 Å². The highest BCUT2D eigenvalue weighted by atomic mass is 35.5. The number of H-pyrrole nitrogens is 1. The van der Waals surface area contributed by atoms with Crippen LogP contribution >= 0.6 is 11.6 Å². The Hall–Kier alpha value is -3.19. The second kappa shape index (κ2) is 6.13. The average Bonchev–Trinajstić information content (AvgIpc) is 2.56. The summed E-state index contributed by atoms with van der Waals surface area (Å²) in [5, 5.41) is 21.3. The normalized spacial score (nSPS) is 11.6. The molecule has 3 rings (SSSR count). The molecule has 0 bridgehead atoms. The highest BCUT2D eigenvalue weighted by Gasteiger charge is 2.17. The predicted octanol–water partition coefficient (Wildman–Crippen LogP) is 3.54. The standard InChI is InChI=1S/C16H10ClN3O4/c17-10-6-11-15(13(7-10)20(23)24)19-16(22)12(18-11)8-14(21)9-4-2-1-3-5-9/h1-8,21H,(H,19,22). The van der Waals surface area contributed by atoms with Gasteiger partial charge < -0.3 is 10.1 Å². The van der Waals surface area contributed by atoms with Crippen LogP contribution in [0.1, 0.15) is 11.3 Å². The quantitative estimate of drug-likeness (QED) is 0.429. The number of aromatic amines is 1. The second-order valence-corrected chi connectivity index (χ2v) is 5.36. The van der Waals surface area contributed by atoms with Gasteiger partial charge in [0.25, 0.3) is 11.2 Å². The Morgan fingerprint density at radius 3 is 2.67 bits per heavy atom. The molecule has 0 saturated carbocycles. The lowest BCUT2D eigenvalue weighted by molar-refractivity contribution is -0.383. The number of nitrogens with zero attached hydrogens (tertiary/aromatic N) is 2. The van der Waals surface area contributed by atoms with Gasteiger partial charge in [-0.3, -0.25) is 14.9 Å². The van der Waals surface area contributed by atoms with Gasteiger partial charge in [0.05, 0.1) is 10.4 Å².